The average Bonchev–Trinajstić information content (AvgIpc) is 2.47. The van der Waals surface area contributed by atoms with Gasteiger partial charge in [0.2, 0.25) is 6.33 Å². The van der Waals surface area contributed by atoms with Crippen LogP contribution in [0, 0.1) is 6.92 Å². The van der Waals surface area contributed by atoms with Gasteiger partial charge >= 0.3 is 5.97 Å². The van der Waals surface area contributed by atoms with Gasteiger partial charge in [-0.05, 0) is 6.92 Å². The Labute approximate surface area is 84.1 Å². The first-order valence-electron chi connectivity index (χ1n) is 4.82. The fourth-order valence-electron chi connectivity index (χ4n) is 1.31. The van der Waals surface area contributed by atoms with Gasteiger partial charge in [-0.15, -0.1) is 0 Å². The average molecular weight is 197 g/mol. The number of hydrogen-bond acceptors (Lipinski definition) is 2. The van der Waals surface area contributed by atoms with Crippen molar-refractivity contribution < 1.29 is 14.1 Å². The number of ether oxygens (including phenoxy) is 1. The van der Waals surface area contributed by atoms with Crippen LogP contribution in [0.3, 0.4) is 0 Å². The van der Waals surface area contributed by atoms with Crippen LogP contribution in [0.4, 0.5) is 0 Å². The van der Waals surface area contributed by atoms with Crippen molar-refractivity contribution in [3.8, 4) is 0 Å². The molecule has 14 heavy (non-hydrogen) atoms. The van der Waals surface area contributed by atoms with Crippen molar-refractivity contribution in [3.63, 3.8) is 0 Å². The van der Waals surface area contributed by atoms with Gasteiger partial charge in [0.25, 0.3) is 0 Å². The summed E-state index contributed by atoms with van der Waals surface area (Å²) >= 11 is 0. The zero-order valence-corrected chi connectivity index (χ0v) is 8.99. The number of carbonyl (C=O) groups is 1. The topological polar surface area (TPSA) is 35.1 Å². The molecule has 4 heteroatoms. The van der Waals surface area contributed by atoms with Crippen LogP contribution in [0.25, 0.3) is 0 Å². The maximum atomic E-state index is 10.5. The van der Waals surface area contributed by atoms with Crippen molar-refractivity contribution in [3.05, 3.63) is 18.2 Å². The van der Waals surface area contributed by atoms with Gasteiger partial charge in [-0.3, -0.25) is 4.79 Å². The third-order valence-corrected chi connectivity index (χ3v) is 2.10. The number of hydrogen-bond donors (Lipinski definition) is 0. The third-order valence-electron chi connectivity index (χ3n) is 2.10. The molecule has 0 saturated heterocycles. The van der Waals surface area contributed by atoms with Gasteiger partial charge in [0.15, 0.2) is 0 Å². The Kier molecular flexibility index (Phi) is 3.68. The highest BCUT2D eigenvalue weighted by Crippen LogP contribution is 1.95. The van der Waals surface area contributed by atoms with Crippen LogP contribution in [0.2, 0.25) is 0 Å². The van der Waals surface area contributed by atoms with Crippen molar-refractivity contribution >= 4 is 5.97 Å². The number of rotatable bonds is 4. The van der Waals surface area contributed by atoms with Crippen LogP contribution in [-0.4, -0.2) is 17.1 Å². The van der Waals surface area contributed by atoms with Crippen molar-refractivity contribution in [2.75, 3.05) is 6.61 Å². The standard InChI is InChI=1S/C10H17N2O2/c1-4-11-7-9(2)12(8-11)5-6-14-10(3)13/h7-8H,4-6H2,1-3H3/q+1. The van der Waals surface area contributed by atoms with E-state index in [2.05, 4.69) is 22.3 Å². The number of carbonyl (C=O) groups excluding carboxylic acids is 1. The molecule has 0 aliphatic rings. The summed E-state index contributed by atoms with van der Waals surface area (Å²) in [5, 5.41) is 0. The first-order chi connectivity index (χ1) is 6.63. The van der Waals surface area contributed by atoms with E-state index >= 15 is 0 Å². The minimum Gasteiger partial charge on any atom is -0.462 e. The molecule has 1 aromatic heterocycles. The van der Waals surface area contributed by atoms with Gasteiger partial charge in [-0.1, -0.05) is 0 Å². The van der Waals surface area contributed by atoms with Crippen molar-refractivity contribution in [2.45, 2.75) is 33.9 Å². The predicted octanol–water partition coefficient (Wildman–Crippen LogP) is 0.667. The molecule has 0 aliphatic carbocycles. The highest BCUT2D eigenvalue weighted by Gasteiger charge is 2.07. The predicted molar refractivity (Wildman–Crippen MR) is 51.7 cm³/mol. The van der Waals surface area contributed by atoms with Gasteiger partial charge in [-0.2, -0.15) is 0 Å². The Balaban J connectivity index is 2.49. The molecular weight excluding hydrogens is 180 g/mol. The molecule has 0 amide bonds. The fraction of sp³-hybridized carbons (Fsp3) is 0.600. The molecule has 0 saturated carbocycles. The highest BCUT2D eigenvalue weighted by atomic mass is 16.5. The van der Waals surface area contributed by atoms with E-state index in [9.17, 15) is 4.79 Å². The van der Waals surface area contributed by atoms with Crippen LogP contribution in [0.1, 0.15) is 19.5 Å². The van der Waals surface area contributed by atoms with Crippen molar-refractivity contribution in [2.24, 2.45) is 0 Å². The van der Waals surface area contributed by atoms with Crippen LogP contribution in [-0.2, 0) is 22.6 Å². The lowest BCUT2D eigenvalue weighted by atomic mass is 10.5. The summed E-state index contributed by atoms with van der Waals surface area (Å²) in [6, 6.07) is 0. The fourth-order valence-corrected chi connectivity index (χ4v) is 1.31. The third kappa shape index (κ3) is 2.87. The summed E-state index contributed by atoms with van der Waals surface area (Å²) in [5.74, 6) is -0.224. The molecule has 0 atom stereocenters. The Morgan fingerprint density at radius 3 is 2.86 bits per heavy atom. The molecule has 0 bridgehead atoms. The highest BCUT2D eigenvalue weighted by molar-refractivity contribution is 5.65. The maximum absolute atomic E-state index is 10.5. The first kappa shape index (κ1) is 10.8. The lowest BCUT2D eigenvalue weighted by Crippen LogP contribution is -2.29. The van der Waals surface area contributed by atoms with Crippen LogP contribution < -0.4 is 4.57 Å². The zero-order valence-electron chi connectivity index (χ0n) is 8.99. The van der Waals surface area contributed by atoms with E-state index < -0.39 is 0 Å². The molecule has 78 valence electrons. The van der Waals surface area contributed by atoms with Gasteiger partial charge in [0, 0.05) is 13.8 Å². The minimum absolute atomic E-state index is 0.224. The molecule has 1 rings (SSSR count). The van der Waals surface area contributed by atoms with E-state index in [1.807, 2.05) is 13.3 Å². The Hall–Kier alpha value is -1.32. The molecule has 0 fully saturated rings. The Morgan fingerprint density at radius 2 is 2.36 bits per heavy atom. The number of aromatic nitrogens is 2. The van der Waals surface area contributed by atoms with E-state index in [-0.39, 0.29) is 5.97 Å². The molecule has 0 aliphatic heterocycles. The molecule has 0 spiro atoms. The zero-order chi connectivity index (χ0) is 10.6. The summed E-state index contributed by atoms with van der Waals surface area (Å²) in [4.78, 5) is 10.5. The quantitative estimate of drug-likeness (QED) is 0.525. The van der Waals surface area contributed by atoms with E-state index in [1.54, 1.807) is 0 Å². The molecule has 0 unspecified atom stereocenters. The second-order valence-corrected chi connectivity index (χ2v) is 3.25. The second kappa shape index (κ2) is 4.79. The largest absolute Gasteiger partial charge is 0.462 e. The maximum Gasteiger partial charge on any atom is 0.302 e. The summed E-state index contributed by atoms with van der Waals surface area (Å²) in [6.45, 7) is 7.68. The van der Waals surface area contributed by atoms with Crippen LogP contribution >= 0.6 is 0 Å². The number of nitrogens with zero attached hydrogens (tertiary/aromatic N) is 2. The smallest absolute Gasteiger partial charge is 0.302 e. The first-order valence-corrected chi connectivity index (χ1v) is 4.82. The Bertz CT molecular complexity index is 318. The van der Waals surface area contributed by atoms with Crippen molar-refractivity contribution in [1.29, 1.82) is 0 Å². The summed E-state index contributed by atoms with van der Waals surface area (Å²) in [6.07, 6.45) is 4.10. The van der Waals surface area contributed by atoms with E-state index in [0.717, 1.165) is 13.1 Å². The minimum atomic E-state index is -0.224. The summed E-state index contributed by atoms with van der Waals surface area (Å²) < 4.78 is 9.05. The van der Waals surface area contributed by atoms with Crippen molar-refractivity contribution in [1.82, 2.24) is 4.57 Å². The molecule has 1 heterocycles. The van der Waals surface area contributed by atoms with Crippen LogP contribution in [0.15, 0.2) is 12.5 Å². The molecule has 0 radical (unpaired) electrons. The van der Waals surface area contributed by atoms with Gasteiger partial charge in [0.1, 0.15) is 25.0 Å². The van der Waals surface area contributed by atoms with E-state index in [1.165, 1.54) is 12.6 Å². The lowest BCUT2D eigenvalue weighted by molar-refractivity contribution is -0.693. The van der Waals surface area contributed by atoms with Gasteiger partial charge < -0.3 is 4.74 Å². The lowest BCUT2D eigenvalue weighted by Gasteiger charge is -1.99. The monoisotopic (exact) mass is 197 g/mol. The number of esters is 1. The van der Waals surface area contributed by atoms with Gasteiger partial charge in [0.05, 0.1) is 6.54 Å². The molecule has 4 nitrogen and oxygen atoms in total. The number of aryl methyl sites for hydroxylation is 2. The molecule has 0 N–H and O–H groups in total. The SMILES string of the molecule is CC[n+]1cc(C)n(CCOC(C)=O)c1. The van der Waals surface area contributed by atoms with E-state index in [0.29, 0.717) is 6.61 Å². The van der Waals surface area contributed by atoms with Crippen LogP contribution in [0.5, 0.6) is 0 Å². The summed E-state index contributed by atoms with van der Waals surface area (Å²) in [7, 11) is 0. The molecule has 0 aromatic carbocycles. The van der Waals surface area contributed by atoms with Gasteiger partial charge in [-0.25, -0.2) is 9.13 Å². The number of imidazole rings is 1. The summed E-state index contributed by atoms with van der Waals surface area (Å²) in [5.41, 5.74) is 1.18. The van der Waals surface area contributed by atoms with E-state index in [4.69, 9.17) is 4.74 Å². The second-order valence-electron chi connectivity index (χ2n) is 3.25. The Morgan fingerprint density at radius 1 is 1.64 bits per heavy atom. The molecule has 1 aromatic rings. The molecular formula is C10H17N2O2+. The normalized spacial score (nSPS) is 10.2.